The van der Waals surface area contributed by atoms with Crippen LogP contribution in [-0.4, -0.2) is 27.2 Å². The van der Waals surface area contributed by atoms with Gasteiger partial charge < -0.3 is 10.5 Å². The van der Waals surface area contributed by atoms with Crippen LogP contribution in [0.4, 0.5) is 5.82 Å². The number of benzene rings is 1. The Hall–Kier alpha value is -2.89. The zero-order valence-electron chi connectivity index (χ0n) is 11.5. The van der Waals surface area contributed by atoms with E-state index in [4.69, 9.17) is 10.5 Å². The number of carbonyl (C=O) groups is 1. The van der Waals surface area contributed by atoms with E-state index in [0.717, 1.165) is 11.3 Å². The Kier molecular flexibility index (Phi) is 3.27. The molecule has 0 aliphatic heterocycles. The van der Waals surface area contributed by atoms with E-state index in [-0.39, 0.29) is 18.0 Å². The van der Waals surface area contributed by atoms with Crippen LogP contribution in [0.15, 0.2) is 42.6 Å². The standard InChI is InChI=1S/C15H14N4O2/c1-2-21-15(20)11-9-17-13-8-12(18-19(13)14(11)16)10-6-4-3-5-7-10/h3-9H,2,16H2,1H3. The van der Waals surface area contributed by atoms with E-state index in [1.165, 1.54) is 10.7 Å². The number of fused-ring (bicyclic) bond motifs is 1. The molecule has 2 heterocycles. The van der Waals surface area contributed by atoms with Crippen LogP contribution in [0.5, 0.6) is 0 Å². The van der Waals surface area contributed by atoms with Gasteiger partial charge in [-0.25, -0.2) is 9.78 Å². The second-order valence-corrected chi connectivity index (χ2v) is 4.44. The Labute approximate surface area is 121 Å². The molecule has 0 saturated heterocycles. The fraction of sp³-hybridized carbons (Fsp3) is 0.133. The van der Waals surface area contributed by atoms with Crippen molar-refractivity contribution in [3.63, 3.8) is 0 Å². The maximum atomic E-state index is 11.8. The van der Waals surface area contributed by atoms with Gasteiger partial charge in [0, 0.05) is 17.8 Å². The maximum Gasteiger partial charge on any atom is 0.343 e. The predicted octanol–water partition coefficient (Wildman–Crippen LogP) is 2.16. The molecule has 0 aliphatic carbocycles. The molecule has 6 nitrogen and oxygen atoms in total. The SMILES string of the molecule is CCOC(=O)c1cnc2cc(-c3ccccc3)nn2c1N. The molecular weight excluding hydrogens is 268 g/mol. The van der Waals surface area contributed by atoms with E-state index in [1.54, 1.807) is 6.92 Å². The van der Waals surface area contributed by atoms with Crippen molar-refractivity contribution in [1.29, 1.82) is 0 Å². The molecular formula is C15H14N4O2. The van der Waals surface area contributed by atoms with Crippen LogP contribution in [0.25, 0.3) is 16.9 Å². The van der Waals surface area contributed by atoms with Gasteiger partial charge in [-0.2, -0.15) is 9.61 Å². The van der Waals surface area contributed by atoms with Gasteiger partial charge in [-0.05, 0) is 6.92 Å². The molecule has 3 rings (SSSR count). The molecule has 0 atom stereocenters. The van der Waals surface area contributed by atoms with E-state index in [9.17, 15) is 4.79 Å². The lowest BCUT2D eigenvalue weighted by Crippen LogP contribution is -2.12. The summed E-state index contributed by atoms with van der Waals surface area (Å²) in [5.74, 6) is -0.276. The van der Waals surface area contributed by atoms with Crippen LogP contribution in [0.3, 0.4) is 0 Å². The molecule has 3 aromatic rings. The molecule has 0 radical (unpaired) electrons. The van der Waals surface area contributed by atoms with E-state index in [2.05, 4.69) is 10.1 Å². The molecule has 0 spiro atoms. The van der Waals surface area contributed by atoms with Gasteiger partial charge >= 0.3 is 5.97 Å². The minimum absolute atomic E-state index is 0.215. The van der Waals surface area contributed by atoms with Crippen molar-refractivity contribution in [2.75, 3.05) is 12.3 Å². The third-order valence-corrected chi connectivity index (χ3v) is 3.09. The van der Waals surface area contributed by atoms with Crippen LogP contribution in [0.1, 0.15) is 17.3 Å². The molecule has 0 aliphatic rings. The highest BCUT2D eigenvalue weighted by Crippen LogP contribution is 2.21. The summed E-state index contributed by atoms with van der Waals surface area (Å²) < 4.78 is 6.40. The average molecular weight is 282 g/mol. The smallest absolute Gasteiger partial charge is 0.343 e. The van der Waals surface area contributed by atoms with E-state index < -0.39 is 5.97 Å². The second-order valence-electron chi connectivity index (χ2n) is 4.44. The molecule has 1 aromatic carbocycles. The Morgan fingerprint density at radius 3 is 2.81 bits per heavy atom. The van der Waals surface area contributed by atoms with Gasteiger partial charge in [-0.3, -0.25) is 0 Å². The molecule has 2 aromatic heterocycles. The van der Waals surface area contributed by atoms with Crippen molar-refractivity contribution in [2.24, 2.45) is 0 Å². The first-order chi connectivity index (χ1) is 10.2. The van der Waals surface area contributed by atoms with Gasteiger partial charge in [-0.15, -0.1) is 0 Å². The zero-order chi connectivity index (χ0) is 14.8. The first-order valence-corrected chi connectivity index (χ1v) is 6.57. The van der Waals surface area contributed by atoms with Crippen LogP contribution >= 0.6 is 0 Å². The number of hydrogen-bond donors (Lipinski definition) is 1. The lowest BCUT2D eigenvalue weighted by Gasteiger charge is -2.05. The predicted molar refractivity (Wildman–Crippen MR) is 78.8 cm³/mol. The number of ether oxygens (including phenoxy) is 1. The number of anilines is 1. The highest BCUT2D eigenvalue weighted by molar-refractivity contribution is 5.94. The van der Waals surface area contributed by atoms with Crippen LogP contribution in [0.2, 0.25) is 0 Å². The summed E-state index contributed by atoms with van der Waals surface area (Å²) in [5.41, 5.74) is 8.50. The number of nitrogens with zero attached hydrogens (tertiary/aromatic N) is 3. The van der Waals surface area contributed by atoms with Gasteiger partial charge in [0.25, 0.3) is 0 Å². The molecule has 2 N–H and O–H groups in total. The van der Waals surface area contributed by atoms with Crippen molar-refractivity contribution >= 4 is 17.4 Å². The molecule has 6 heteroatoms. The number of nitrogen functional groups attached to an aromatic ring is 1. The Balaban J connectivity index is 2.10. The molecule has 0 fully saturated rings. The number of rotatable bonds is 3. The van der Waals surface area contributed by atoms with Crippen LogP contribution < -0.4 is 5.73 Å². The Bertz CT molecular complexity index is 796. The monoisotopic (exact) mass is 282 g/mol. The molecule has 0 unspecified atom stereocenters. The summed E-state index contributed by atoms with van der Waals surface area (Å²) in [6.45, 7) is 2.02. The number of carbonyl (C=O) groups excluding carboxylic acids is 1. The first kappa shape index (κ1) is 13.1. The van der Waals surface area contributed by atoms with E-state index in [0.29, 0.717) is 5.65 Å². The first-order valence-electron chi connectivity index (χ1n) is 6.57. The Morgan fingerprint density at radius 2 is 2.10 bits per heavy atom. The van der Waals surface area contributed by atoms with Gasteiger partial charge in [0.2, 0.25) is 0 Å². The summed E-state index contributed by atoms with van der Waals surface area (Å²) in [4.78, 5) is 16.0. The largest absolute Gasteiger partial charge is 0.462 e. The highest BCUT2D eigenvalue weighted by atomic mass is 16.5. The van der Waals surface area contributed by atoms with E-state index >= 15 is 0 Å². The quantitative estimate of drug-likeness (QED) is 0.744. The summed E-state index contributed by atoms with van der Waals surface area (Å²) >= 11 is 0. The summed E-state index contributed by atoms with van der Waals surface area (Å²) in [6, 6.07) is 11.5. The zero-order valence-corrected chi connectivity index (χ0v) is 11.5. The highest BCUT2D eigenvalue weighted by Gasteiger charge is 2.16. The van der Waals surface area contributed by atoms with Gasteiger partial charge in [0.15, 0.2) is 5.65 Å². The second kappa shape index (κ2) is 5.24. The molecule has 21 heavy (non-hydrogen) atoms. The van der Waals surface area contributed by atoms with Crippen molar-refractivity contribution < 1.29 is 9.53 Å². The molecule has 0 bridgehead atoms. The third-order valence-electron chi connectivity index (χ3n) is 3.09. The molecule has 0 amide bonds. The third kappa shape index (κ3) is 2.31. The van der Waals surface area contributed by atoms with Gasteiger partial charge in [-0.1, -0.05) is 30.3 Å². The van der Waals surface area contributed by atoms with Gasteiger partial charge in [0.1, 0.15) is 11.4 Å². The Morgan fingerprint density at radius 1 is 1.33 bits per heavy atom. The lowest BCUT2D eigenvalue weighted by atomic mass is 10.2. The summed E-state index contributed by atoms with van der Waals surface area (Å²) in [6.07, 6.45) is 1.42. The number of aromatic nitrogens is 3. The van der Waals surface area contributed by atoms with Crippen LogP contribution in [0, 0.1) is 0 Å². The summed E-state index contributed by atoms with van der Waals surface area (Å²) in [5, 5.41) is 4.41. The topological polar surface area (TPSA) is 82.5 Å². The van der Waals surface area contributed by atoms with Crippen LogP contribution in [-0.2, 0) is 4.74 Å². The summed E-state index contributed by atoms with van der Waals surface area (Å²) in [7, 11) is 0. The minimum Gasteiger partial charge on any atom is -0.462 e. The van der Waals surface area contributed by atoms with Crippen molar-refractivity contribution in [3.8, 4) is 11.3 Å². The average Bonchev–Trinajstić information content (AvgIpc) is 2.94. The van der Waals surface area contributed by atoms with Gasteiger partial charge in [0.05, 0.1) is 12.3 Å². The van der Waals surface area contributed by atoms with Crippen molar-refractivity contribution in [3.05, 3.63) is 48.2 Å². The normalized spacial score (nSPS) is 10.7. The van der Waals surface area contributed by atoms with E-state index in [1.807, 2.05) is 36.4 Å². The van der Waals surface area contributed by atoms with Crippen molar-refractivity contribution in [2.45, 2.75) is 6.92 Å². The number of hydrogen-bond acceptors (Lipinski definition) is 5. The minimum atomic E-state index is -0.499. The fourth-order valence-electron chi connectivity index (χ4n) is 2.07. The number of nitrogens with two attached hydrogens (primary N) is 1. The molecule has 0 saturated carbocycles. The molecule has 106 valence electrons. The maximum absolute atomic E-state index is 11.8. The number of esters is 1. The fourth-order valence-corrected chi connectivity index (χ4v) is 2.07. The lowest BCUT2D eigenvalue weighted by molar-refractivity contribution is 0.0526. The van der Waals surface area contributed by atoms with Crippen molar-refractivity contribution in [1.82, 2.24) is 14.6 Å².